The van der Waals surface area contributed by atoms with E-state index in [9.17, 15) is 14.9 Å². The molecule has 0 bridgehead atoms. The zero-order valence-electron chi connectivity index (χ0n) is 12.3. The lowest BCUT2D eigenvalue weighted by molar-refractivity contribution is -0.385. The zero-order chi connectivity index (χ0) is 16.1. The second-order valence-corrected chi connectivity index (χ2v) is 4.70. The van der Waals surface area contributed by atoms with Crippen molar-refractivity contribution in [1.82, 2.24) is 0 Å². The molecule has 112 valence electrons. The van der Waals surface area contributed by atoms with E-state index >= 15 is 0 Å². The van der Waals surface area contributed by atoms with Crippen LogP contribution in [0.25, 0.3) is 12.2 Å². The highest BCUT2D eigenvalue weighted by molar-refractivity contribution is 5.94. The highest BCUT2D eigenvalue weighted by Crippen LogP contribution is 2.28. The molecule has 2 aromatic carbocycles. The molecule has 0 fully saturated rings. The number of carbonyl (C=O) groups is 1. The third kappa shape index (κ3) is 3.58. The second-order valence-electron chi connectivity index (χ2n) is 4.70. The molecule has 5 nitrogen and oxygen atoms in total. The van der Waals surface area contributed by atoms with Gasteiger partial charge in [0.1, 0.15) is 0 Å². The molecule has 2 rings (SSSR count). The first-order valence-corrected chi connectivity index (χ1v) is 6.63. The number of hydrogen-bond donors (Lipinski definition) is 0. The lowest BCUT2D eigenvalue weighted by Gasteiger charge is -2.02. The van der Waals surface area contributed by atoms with Crippen LogP contribution in [0.2, 0.25) is 0 Å². The summed E-state index contributed by atoms with van der Waals surface area (Å²) in [7, 11) is 1.39. The van der Waals surface area contributed by atoms with Crippen LogP contribution in [0.15, 0.2) is 42.5 Å². The van der Waals surface area contributed by atoms with Gasteiger partial charge in [-0.2, -0.15) is 0 Å². The first-order chi connectivity index (χ1) is 10.5. The quantitative estimate of drug-likeness (QED) is 0.362. The topological polar surface area (TPSA) is 69.4 Å². The van der Waals surface area contributed by atoms with E-state index in [4.69, 9.17) is 4.74 Å². The third-order valence-corrected chi connectivity index (χ3v) is 3.16. The van der Waals surface area contributed by atoms with Crippen molar-refractivity contribution in [3.05, 3.63) is 69.3 Å². The summed E-state index contributed by atoms with van der Waals surface area (Å²) in [6, 6.07) is 11.9. The molecule has 0 atom stereocenters. The largest absolute Gasteiger partial charge is 0.490 e. The highest BCUT2D eigenvalue weighted by Gasteiger charge is 2.14. The van der Waals surface area contributed by atoms with Crippen molar-refractivity contribution in [2.75, 3.05) is 7.11 Å². The Morgan fingerprint density at radius 1 is 1.14 bits per heavy atom. The lowest BCUT2D eigenvalue weighted by atomic mass is 10.1. The van der Waals surface area contributed by atoms with E-state index in [0.717, 1.165) is 5.56 Å². The van der Waals surface area contributed by atoms with Crippen molar-refractivity contribution in [3.8, 4) is 5.75 Å². The molecule has 5 heteroatoms. The zero-order valence-corrected chi connectivity index (χ0v) is 12.3. The number of rotatable bonds is 5. The molecule has 0 unspecified atom stereocenters. The van der Waals surface area contributed by atoms with E-state index in [-0.39, 0.29) is 17.2 Å². The Morgan fingerprint density at radius 3 is 2.41 bits per heavy atom. The fourth-order valence-corrected chi connectivity index (χ4v) is 2.01. The number of Topliss-reactive ketones (excluding diaryl/α,β-unsaturated/α-hetero) is 1. The van der Waals surface area contributed by atoms with Crippen LogP contribution in [-0.2, 0) is 0 Å². The number of ketones is 1. The first kappa shape index (κ1) is 15.4. The predicted octanol–water partition coefficient (Wildman–Crippen LogP) is 3.98. The smallest absolute Gasteiger partial charge is 0.311 e. The van der Waals surface area contributed by atoms with Gasteiger partial charge in [0, 0.05) is 11.6 Å². The van der Waals surface area contributed by atoms with Gasteiger partial charge in [0.25, 0.3) is 0 Å². The lowest BCUT2D eigenvalue weighted by Crippen LogP contribution is -1.94. The third-order valence-electron chi connectivity index (χ3n) is 3.16. The van der Waals surface area contributed by atoms with Crippen LogP contribution in [0, 0.1) is 10.1 Å². The number of benzene rings is 2. The van der Waals surface area contributed by atoms with E-state index in [0.29, 0.717) is 11.1 Å². The summed E-state index contributed by atoms with van der Waals surface area (Å²) in [5.74, 6) is 0.219. The number of methoxy groups -OCH3 is 1. The van der Waals surface area contributed by atoms with Gasteiger partial charge < -0.3 is 4.74 Å². The van der Waals surface area contributed by atoms with Gasteiger partial charge in [-0.05, 0) is 30.2 Å². The monoisotopic (exact) mass is 297 g/mol. The minimum atomic E-state index is -0.480. The SMILES string of the molecule is COc1ccc(/C=C/c2cccc(C(C)=O)c2)cc1[N+](=O)[O-]. The van der Waals surface area contributed by atoms with E-state index in [2.05, 4.69) is 0 Å². The van der Waals surface area contributed by atoms with Crippen molar-refractivity contribution < 1.29 is 14.5 Å². The molecule has 0 amide bonds. The minimum Gasteiger partial charge on any atom is -0.490 e. The summed E-state index contributed by atoms with van der Waals surface area (Å²) in [4.78, 5) is 21.9. The molecule has 2 aromatic rings. The van der Waals surface area contributed by atoms with E-state index in [1.165, 1.54) is 20.1 Å². The summed E-state index contributed by atoms with van der Waals surface area (Å²) >= 11 is 0. The van der Waals surface area contributed by atoms with Crippen molar-refractivity contribution in [3.63, 3.8) is 0 Å². The summed E-state index contributed by atoms with van der Waals surface area (Å²) in [5, 5.41) is 11.0. The van der Waals surface area contributed by atoms with Crippen LogP contribution in [-0.4, -0.2) is 17.8 Å². The Kier molecular flexibility index (Phi) is 4.68. The fourth-order valence-electron chi connectivity index (χ4n) is 2.01. The molecule has 0 aliphatic rings. The molecule has 22 heavy (non-hydrogen) atoms. The van der Waals surface area contributed by atoms with Crippen LogP contribution in [0.3, 0.4) is 0 Å². The maximum absolute atomic E-state index is 11.3. The van der Waals surface area contributed by atoms with Gasteiger partial charge in [0.2, 0.25) is 0 Å². The molecule has 0 saturated carbocycles. The van der Waals surface area contributed by atoms with Crippen molar-refractivity contribution in [1.29, 1.82) is 0 Å². The van der Waals surface area contributed by atoms with Gasteiger partial charge in [-0.25, -0.2) is 0 Å². The Morgan fingerprint density at radius 2 is 1.82 bits per heavy atom. The van der Waals surface area contributed by atoms with Crippen LogP contribution >= 0.6 is 0 Å². The number of nitrogens with zero attached hydrogens (tertiary/aromatic N) is 1. The molecule has 0 spiro atoms. The van der Waals surface area contributed by atoms with E-state index in [1.54, 1.807) is 42.5 Å². The van der Waals surface area contributed by atoms with Gasteiger partial charge in [0.05, 0.1) is 12.0 Å². The second kappa shape index (κ2) is 6.67. The molecule has 0 N–H and O–H groups in total. The Hall–Kier alpha value is -2.95. The standard InChI is InChI=1S/C17H15NO4/c1-12(19)15-5-3-4-13(10-15)6-7-14-8-9-17(22-2)16(11-14)18(20)21/h3-11H,1-2H3/b7-6+. The van der Waals surface area contributed by atoms with Gasteiger partial charge in [-0.15, -0.1) is 0 Å². The molecule has 0 aliphatic carbocycles. The normalized spacial score (nSPS) is 10.6. The maximum atomic E-state index is 11.3. The maximum Gasteiger partial charge on any atom is 0.311 e. The average Bonchev–Trinajstić information content (AvgIpc) is 2.52. The van der Waals surface area contributed by atoms with E-state index < -0.39 is 4.92 Å². The van der Waals surface area contributed by atoms with Gasteiger partial charge >= 0.3 is 5.69 Å². The molecule has 0 heterocycles. The van der Waals surface area contributed by atoms with Crippen molar-refractivity contribution in [2.45, 2.75) is 6.92 Å². The van der Waals surface area contributed by atoms with E-state index in [1.807, 2.05) is 6.07 Å². The molecular formula is C17H15NO4. The van der Waals surface area contributed by atoms with Crippen LogP contribution < -0.4 is 4.74 Å². The molecule has 0 aliphatic heterocycles. The number of nitro groups is 1. The van der Waals surface area contributed by atoms with Gasteiger partial charge in [-0.3, -0.25) is 14.9 Å². The first-order valence-electron chi connectivity index (χ1n) is 6.63. The highest BCUT2D eigenvalue weighted by atomic mass is 16.6. The number of nitro benzene ring substituents is 1. The Balaban J connectivity index is 2.30. The average molecular weight is 297 g/mol. The summed E-state index contributed by atoms with van der Waals surface area (Å²) in [6.45, 7) is 1.51. The molecule has 0 radical (unpaired) electrons. The van der Waals surface area contributed by atoms with Crippen molar-refractivity contribution in [2.24, 2.45) is 0 Å². The number of carbonyl (C=O) groups excluding carboxylic acids is 1. The van der Waals surface area contributed by atoms with Crippen molar-refractivity contribution >= 4 is 23.6 Å². The summed E-state index contributed by atoms with van der Waals surface area (Å²) in [5.41, 5.74) is 2.08. The molecule has 0 saturated heterocycles. The molecule has 0 aromatic heterocycles. The fraction of sp³-hybridized carbons (Fsp3) is 0.118. The Labute approximate surface area is 128 Å². The summed E-state index contributed by atoms with van der Waals surface area (Å²) < 4.78 is 4.96. The Bertz CT molecular complexity index is 750. The minimum absolute atomic E-state index is 0.00432. The summed E-state index contributed by atoms with van der Waals surface area (Å²) in [6.07, 6.45) is 3.56. The number of ether oxygens (including phenoxy) is 1. The van der Waals surface area contributed by atoms with Crippen LogP contribution in [0.4, 0.5) is 5.69 Å². The number of hydrogen-bond acceptors (Lipinski definition) is 4. The molecular weight excluding hydrogens is 282 g/mol. The van der Waals surface area contributed by atoms with Gasteiger partial charge in [-0.1, -0.05) is 36.4 Å². The van der Waals surface area contributed by atoms with Crippen LogP contribution in [0.1, 0.15) is 28.4 Å². The van der Waals surface area contributed by atoms with Gasteiger partial charge in [0.15, 0.2) is 11.5 Å². The van der Waals surface area contributed by atoms with Crippen LogP contribution in [0.5, 0.6) is 5.75 Å². The predicted molar refractivity (Wildman–Crippen MR) is 85.0 cm³/mol.